The molecule has 2 N–H and O–H groups in total. The SMILES string of the molecule is CCNc1ccc2nc(-c3ccc(NC)cc3)oc2n1. The van der Waals surface area contributed by atoms with E-state index in [1.807, 2.05) is 50.4 Å². The van der Waals surface area contributed by atoms with Gasteiger partial charge >= 0.3 is 0 Å². The lowest BCUT2D eigenvalue weighted by molar-refractivity contribution is 0.608. The van der Waals surface area contributed by atoms with Gasteiger partial charge in [-0.15, -0.1) is 0 Å². The van der Waals surface area contributed by atoms with Crippen molar-refractivity contribution in [3.8, 4) is 11.5 Å². The molecule has 0 aliphatic rings. The molecule has 0 aliphatic heterocycles. The van der Waals surface area contributed by atoms with Crippen LogP contribution in [0.5, 0.6) is 0 Å². The fourth-order valence-corrected chi connectivity index (χ4v) is 2.00. The first-order valence-corrected chi connectivity index (χ1v) is 6.60. The molecule has 0 aliphatic carbocycles. The molecule has 0 saturated carbocycles. The average Bonchev–Trinajstić information content (AvgIpc) is 2.91. The predicted octanol–water partition coefficient (Wildman–Crippen LogP) is 3.36. The lowest BCUT2D eigenvalue weighted by atomic mass is 10.2. The highest BCUT2D eigenvalue weighted by atomic mass is 16.4. The zero-order chi connectivity index (χ0) is 13.9. The normalized spacial score (nSPS) is 10.7. The van der Waals surface area contributed by atoms with Crippen LogP contribution < -0.4 is 10.6 Å². The van der Waals surface area contributed by atoms with Crippen molar-refractivity contribution in [2.45, 2.75) is 6.92 Å². The lowest BCUT2D eigenvalue weighted by Crippen LogP contribution is -1.98. The first kappa shape index (κ1) is 12.5. The third-order valence-electron chi connectivity index (χ3n) is 3.03. The number of hydrogen-bond donors (Lipinski definition) is 2. The van der Waals surface area contributed by atoms with E-state index >= 15 is 0 Å². The Kier molecular flexibility index (Phi) is 3.25. The summed E-state index contributed by atoms with van der Waals surface area (Å²) >= 11 is 0. The van der Waals surface area contributed by atoms with Gasteiger partial charge in [-0.25, -0.2) is 4.98 Å². The Labute approximate surface area is 117 Å². The van der Waals surface area contributed by atoms with Gasteiger partial charge in [-0.2, -0.15) is 4.98 Å². The Bertz CT molecular complexity index is 718. The molecular formula is C15H16N4O. The summed E-state index contributed by atoms with van der Waals surface area (Å²) in [7, 11) is 1.89. The molecule has 20 heavy (non-hydrogen) atoms. The quantitative estimate of drug-likeness (QED) is 0.759. The number of aromatic nitrogens is 2. The summed E-state index contributed by atoms with van der Waals surface area (Å²) in [6.07, 6.45) is 0. The van der Waals surface area contributed by atoms with E-state index in [9.17, 15) is 0 Å². The molecule has 1 aromatic carbocycles. The first-order valence-electron chi connectivity index (χ1n) is 6.60. The van der Waals surface area contributed by atoms with Crippen LogP contribution in [0.1, 0.15) is 6.92 Å². The highest BCUT2D eigenvalue weighted by Crippen LogP contribution is 2.25. The molecule has 0 radical (unpaired) electrons. The molecule has 2 heterocycles. The molecule has 0 saturated heterocycles. The van der Waals surface area contributed by atoms with Gasteiger partial charge < -0.3 is 15.1 Å². The maximum atomic E-state index is 5.73. The number of nitrogens with zero attached hydrogens (tertiary/aromatic N) is 2. The predicted molar refractivity (Wildman–Crippen MR) is 81.0 cm³/mol. The molecule has 2 aromatic heterocycles. The largest absolute Gasteiger partial charge is 0.418 e. The number of anilines is 2. The van der Waals surface area contributed by atoms with Crippen molar-refractivity contribution in [2.24, 2.45) is 0 Å². The lowest BCUT2D eigenvalue weighted by Gasteiger charge is -1.99. The van der Waals surface area contributed by atoms with Crippen LogP contribution in [0.25, 0.3) is 22.7 Å². The zero-order valence-electron chi connectivity index (χ0n) is 11.5. The summed E-state index contributed by atoms with van der Waals surface area (Å²) in [5, 5.41) is 6.24. The first-order chi connectivity index (χ1) is 9.80. The van der Waals surface area contributed by atoms with Crippen LogP contribution >= 0.6 is 0 Å². The number of benzene rings is 1. The maximum absolute atomic E-state index is 5.73. The molecule has 0 bridgehead atoms. The van der Waals surface area contributed by atoms with Crippen LogP contribution in [0, 0.1) is 0 Å². The summed E-state index contributed by atoms with van der Waals surface area (Å²) in [5.74, 6) is 1.39. The van der Waals surface area contributed by atoms with Crippen molar-refractivity contribution < 1.29 is 4.42 Å². The van der Waals surface area contributed by atoms with Crippen LogP contribution in [-0.4, -0.2) is 23.6 Å². The van der Waals surface area contributed by atoms with Gasteiger partial charge in [0.1, 0.15) is 11.3 Å². The molecule has 0 spiro atoms. The second kappa shape index (κ2) is 5.21. The molecule has 3 aromatic rings. The molecule has 0 fully saturated rings. The van der Waals surface area contributed by atoms with Gasteiger partial charge in [0, 0.05) is 24.8 Å². The number of rotatable bonds is 4. The van der Waals surface area contributed by atoms with Crippen molar-refractivity contribution in [1.29, 1.82) is 0 Å². The highest BCUT2D eigenvalue weighted by molar-refractivity contribution is 5.74. The van der Waals surface area contributed by atoms with E-state index in [0.29, 0.717) is 11.6 Å². The van der Waals surface area contributed by atoms with E-state index in [1.165, 1.54) is 0 Å². The Hall–Kier alpha value is -2.56. The van der Waals surface area contributed by atoms with E-state index in [0.717, 1.165) is 29.1 Å². The Morgan fingerprint density at radius 1 is 1.05 bits per heavy atom. The van der Waals surface area contributed by atoms with Gasteiger partial charge in [0.25, 0.3) is 0 Å². The third kappa shape index (κ3) is 2.30. The van der Waals surface area contributed by atoms with Crippen molar-refractivity contribution in [3.05, 3.63) is 36.4 Å². The number of fused-ring (bicyclic) bond motifs is 1. The minimum absolute atomic E-state index is 0.552. The van der Waals surface area contributed by atoms with Gasteiger partial charge in [-0.3, -0.25) is 0 Å². The van der Waals surface area contributed by atoms with Crippen molar-refractivity contribution in [2.75, 3.05) is 24.2 Å². The Morgan fingerprint density at radius 3 is 2.55 bits per heavy atom. The van der Waals surface area contributed by atoms with Gasteiger partial charge in [0.05, 0.1) is 0 Å². The topological polar surface area (TPSA) is 63.0 Å². The van der Waals surface area contributed by atoms with E-state index in [2.05, 4.69) is 20.6 Å². The number of hydrogen-bond acceptors (Lipinski definition) is 5. The van der Waals surface area contributed by atoms with Crippen LogP contribution in [0.15, 0.2) is 40.8 Å². The number of nitrogens with one attached hydrogen (secondary N) is 2. The molecule has 0 unspecified atom stereocenters. The molecule has 102 valence electrons. The minimum atomic E-state index is 0.552. The summed E-state index contributed by atoms with van der Waals surface area (Å²) in [6.45, 7) is 2.85. The smallest absolute Gasteiger partial charge is 0.249 e. The Balaban J connectivity index is 1.98. The van der Waals surface area contributed by atoms with Crippen LogP contribution in [-0.2, 0) is 0 Å². The van der Waals surface area contributed by atoms with Crippen molar-refractivity contribution in [3.63, 3.8) is 0 Å². The molecule has 3 rings (SSSR count). The Morgan fingerprint density at radius 2 is 1.85 bits per heavy atom. The van der Waals surface area contributed by atoms with Crippen molar-refractivity contribution >= 4 is 22.7 Å². The number of pyridine rings is 1. The van der Waals surface area contributed by atoms with E-state index in [-0.39, 0.29) is 0 Å². The molecule has 0 amide bonds. The van der Waals surface area contributed by atoms with Crippen LogP contribution in [0.3, 0.4) is 0 Å². The standard InChI is InChI=1S/C15H16N4O/c1-3-17-13-9-8-12-15(19-13)20-14(18-12)10-4-6-11(16-2)7-5-10/h4-9,16H,3H2,1-2H3,(H,17,19). The minimum Gasteiger partial charge on any atom is -0.418 e. The van der Waals surface area contributed by atoms with Crippen molar-refractivity contribution in [1.82, 2.24) is 9.97 Å². The van der Waals surface area contributed by atoms with E-state index in [4.69, 9.17) is 4.42 Å². The molecular weight excluding hydrogens is 252 g/mol. The monoisotopic (exact) mass is 268 g/mol. The van der Waals surface area contributed by atoms with Crippen LogP contribution in [0.2, 0.25) is 0 Å². The van der Waals surface area contributed by atoms with Crippen LogP contribution in [0.4, 0.5) is 11.5 Å². The molecule has 5 nitrogen and oxygen atoms in total. The maximum Gasteiger partial charge on any atom is 0.249 e. The average molecular weight is 268 g/mol. The number of oxazole rings is 1. The zero-order valence-corrected chi connectivity index (χ0v) is 11.5. The molecule has 5 heteroatoms. The summed E-state index contributed by atoms with van der Waals surface area (Å²) in [4.78, 5) is 8.85. The van der Waals surface area contributed by atoms with Gasteiger partial charge in [0.2, 0.25) is 11.6 Å². The second-order valence-corrected chi connectivity index (χ2v) is 4.40. The van der Waals surface area contributed by atoms with E-state index in [1.54, 1.807) is 0 Å². The van der Waals surface area contributed by atoms with E-state index < -0.39 is 0 Å². The van der Waals surface area contributed by atoms with Gasteiger partial charge in [-0.05, 0) is 43.3 Å². The van der Waals surface area contributed by atoms with Gasteiger partial charge in [0.15, 0.2) is 0 Å². The summed E-state index contributed by atoms with van der Waals surface area (Å²) in [6, 6.07) is 11.7. The summed E-state index contributed by atoms with van der Waals surface area (Å²) < 4.78 is 5.73. The fraction of sp³-hybridized carbons (Fsp3) is 0.200. The van der Waals surface area contributed by atoms with Gasteiger partial charge in [-0.1, -0.05) is 0 Å². The second-order valence-electron chi connectivity index (χ2n) is 4.40. The molecule has 0 atom stereocenters. The highest BCUT2D eigenvalue weighted by Gasteiger charge is 2.09. The fourth-order valence-electron chi connectivity index (χ4n) is 2.00. The third-order valence-corrected chi connectivity index (χ3v) is 3.03. The summed E-state index contributed by atoms with van der Waals surface area (Å²) in [5.41, 5.74) is 3.31.